The highest BCUT2D eigenvalue weighted by atomic mass is 15.1. The van der Waals surface area contributed by atoms with Crippen LogP contribution < -0.4 is 16.4 Å². The van der Waals surface area contributed by atoms with Crippen molar-refractivity contribution in [3.63, 3.8) is 0 Å². The fourth-order valence-corrected chi connectivity index (χ4v) is 2.63. The van der Waals surface area contributed by atoms with E-state index in [4.69, 9.17) is 5.73 Å². The number of nitrogens with two attached hydrogens (primary N) is 1. The summed E-state index contributed by atoms with van der Waals surface area (Å²) in [5, 5.41) is 7.75. The topological polar surface area (TPSA) is 80.8 Å². The zero-order chi connectivity index (χ0) is 16.9. The lowest BCUT2D eigenvalue weighted by atomic mass is 10.2. The van der Waals surface area contributed by atoms with Crippen LogP contribution in [0.5, 0.6) is 0 Å². The highest BCUT2D eigenvalue weighted by molar-refractivity contribution is 5.93. The summed E-state index contributed by atoms with van der Waals surface area (Å²) in [7, 11) is 0. The molecule has 0 spiro atoms. The molecule has 0 aliphatic heterocycles. The summed E-state index contributed by atoms with van der Waals surface area (Å²) in [6, 6.07) is 10.3. The molecule has 0 aliphatic carbocycles. The van der Waals surface area contributed by atoms with Crippen LogP contribution in [-0.2, 0) is 6.54 Å². The van der Waals surface area contributed by atoms with Gasteiger partial charge in [-0.1, -0.05) is 13.0 Å². The molecule has 0 saturated carbocycles. The van der Waals surface area contributed by atoms with E-state index in [0.717, 1.165) is 24.5 Å². The number of fused-ring (bicyclic) bond motifs is 1. The van der Waals surface area contributed by atoms with Crippen molar-refractivity contribution < 1.29 is 0 Å². The van der Waals surface area contributed by atoms with Crippen LogP contribution in [0.25, 0.3) is 10.9 Å². The Morgan fingerprint density at radius 3 is 2.88 bits per heavy atom. The van der Waals surface area contributed by atoms with Crippen LogP contribution >= 0.6 is 0 Å². The smallest absolute Gasteiger partial charge is 0.224 e. The normalized spacial score (nSPS) is 12.3. The maximum absolute atomic E-state index is 5.92. The van der Waals surface area contributed by atoms with Crippen molar-refractivity contribution in [2.24, 2.45) is 5.73 Å². The molecule has 0 fully saturated rings. The molecule has 126 valence electrons. The lowest BCUT2D eigenvalue weighted by Crippen LogP contribution is -2.28. The largest absolute Gasteiger partial charge is 0.353 e. The molecule has 0 unspecified atom stereocenters. The Morgan fingerprint density at radius 2 is 2.08 bits per heavy atom. The van der Waals surface area contributed by atoms with Crippen molar-refractivity contribution in [3.05, 3.63) is 42.7 Å². The van der Waals surface area contributed by atoms with Crippen molar-refractivity contribution in [3.8, 4) is 0 Å². The molecule has 6 nitrogen and oxygen atoms in total. The molecule has 1 atom stereocenters. The third-order valence-corrected chi connectivity index (χ3v) is 4.12. The van der Waals surface area contributed by atoms with Crippen molar-refractivity contribution in [2.75, 3.05) is 17.2 Å². The Hall–Kier alpha value is -2.60. The molecule has 3 aromatic rings. The van der Waals surface area contributed by atoms with Crippen molar-refractivity contribution in [2.45, 2.75) is 32.9 Å². The van der Waals surface area contributed by atoms with Crippen LogP contribution in [0.2, 0.25) is 0 Å². The van der Waals surface area contributed by atoms with Gasteiger partial charge in [0.05, 0.1) is 5.52 Å². The van der Waals surface area contributed by atoms with Gasteiger partial charge in [0.25, 0.3) is 0 Å². The Morgan fingerprint density at radius 1 is 1.21 bits per heavy atom. The number of aromatic nitrogens is 3. The molecule has 0 radical (unpaired) electrons. The predicted octanol–water partition coefficient (Wildman–Crippen LogP) is 3.34. The van der Waals surface area contributed by atoms with Crippen LogP contribution in [0, 0.1) is 0 Å². The summed E-state index contributed by atoms with van der Waals surface area (Å²) in [6.07, 6.45) is 4.77. The summed E-state index contributed by atoms with van der Waals surface area (Å²) < 4.78 is 2.22. The van der Waals surface area contributed by atoms with Gasteiger partial charge in [0.2, 0.25) is 5.95 Å². The van der Waals surface area contributed by atoms with E-state index in [-0.39, 0.29) is 6.04 Å². The van der Waals surface area contributed by atoms with Gasteiger partial charge < -0.3 is 20.9 Å². The first kappa shape index (κ1) is 16.3. The predicted molar refractivity (Wildman–Crippen MR) is 99.7 cm³/mol. The summed E-state index contributed by atoms with van der Waals surface area (Å²) in [5.41, 5.74) is 8.17. The quantitative estimate of drug-likeness (QED) is 0.621. The number of nitrogens with one attached hydrogen (secondary N) is 2. The fraction of sp³-hybridized carbons (Fsp3) is 0.333. The molecule has 3 rings (SSSR count). The molecule has 0 bridgehead atoms. The average Bonchev–Trinajstić information content (AvgIpc) is 3.04. The van der Waals surface area contributed by atoms with Crippen molar-refractivity contribution in [1.29, 1.82) is 0 Å². The number of hydrogen-bond donors (Lipinski definition) is 3. The molecule has 0 aliphatic rings. The van der Waals surface area contributed by atoms with E-state index in [1.807, 2.05) is 6.07 Å². The Labute approximate surface area is 142 Å². The first-order chi connectivity index (χ1) is 11.7. The third-order valence-electron chi connectivity index (χ3n) is 4.12. The minimum Gasteiger partial charge on any atom is -0.353 e. The lowest BCUT2D eigenvalue weighted by molar-refractivity contribution is 0.676. The van der Waals surface area contributed by atoms with E-state index in [1.165, 1.54) is 10.9 Å². The second kappa shape index (κ2) is 7.31. The highest BCUT2D eigenvalue weighted by Gasteiger charge is 2.07. The molecule has 6 heteroatoms. The minimum absolute atomic E-state index is 0.104. The van der Waals surface area contributed by atoms with Gasteiger partial charge >= 0.3 is 0 Å². The van der Waals surface area contributed by atoms with Crippen LogP contribution in [0.3, 0.4) is 0 Å². The first-order valence-electron chi connectivity index (χ1n) is 8.38. The van der Waals surface area contributed by atoms with Gasteiger partial charge in [0.15, 0.2) is 0 Å². The molecule has 24 heavy (non-hydrogen) atoms. The van der Waals surface area contributed by atoms with Crippen LogP contribution in [0.4, 0.5) is 17.5 Å². The Kier molecular flexibility index (Phi) is 4.96. The summed E-state index contributed by atoms with van der Waals surface area (Å²) >= 11 is 0. The van der Waals surface area contributed by atoms with Crippen LogP contribution in [0.1, 0.15) is 20.3 Å². The molecular formula is C18H24N6. The second-order valence-corrected chi connectivity index (χ2v) is 5.78. The maximum Gasteiger partial charge on any atom is 0.224 e. The minimum atomic E-state index is 0.104. The zero-order valence-corrected chi connectivity index (χ0v) is 14.2. The van der Waals surface area contributed by atoms with E-state index in [9.17, 15) is 0 Å². The van der Waals surface area contributed by atoms with Crippen molar-refractivity contribution in [1.82, 2.24) is 14.5 Å². The Balaban J connectivity index is 1.80. The van der Waals surface area contributed by atoms with Gasteiger partial charge in [-0.3, -0.25) is 0 Å². The average molecular weight is 324 g/mol. The first-order valence-corrected chi connectivity index (χ1v) is 8.38. The van der Waals surface area contributed by atoms with Crippen LogP contribution in [-0.4, -0.2) is 27.1 Å². The summed E-state index contributed by atoms with van der Waals surface area (Å²) in [4.78, 5) is 8.76. The van der Waals surface area contributed by atoms with Gasteiger partial charge in [-0.25, -0.2) is 4.98 Å². The van der Waals surface area contributed by atoms with Crippen LogP contribution in [0.15, 0.2) is 42.7 Å². The Bertz CT molecular complexity index is 810. The van der Waals surface area contributed by atoms with E-state index in [1.54, 1.807) is 6.20 Å². The van der Waals surface area contributed by atoms with Gasteiger partial charge in [-0.15, -0.1) is 0 Å². The second-order valence-electron chi connectivity index (χ2n) is 5.78. The molecule has 1 aromatic carbocycles. The zero-order valence-electron chi connectivity index (χ0n) is 14.2. The van der Waals surface area contributed by atoms with Gasteiger partial charge in [0, 0.05) is 42.6 Å². The maximum atomic E-state index is 5.92. The molecule has 0 saturated heterocycles. The van der Waals surface area contributed by atoms with E-state index in [0.29, 0.717) is 12.5 Å². The van der Waals surface area contributed by atoms with Gasteiger partial charge in [-0.2, -0.15) is 4.98 Å². The number of rotatable bonds is 7. The highest BCUT2D eigenvalue weighted by Crippen LogP contribution is 2.27. The number of benzene rings is 1. The molecule has 2 heterocycles. The number of aryl methyl sites for hydroxylation is 1. The molecule has 2 aromatic heterocycles. The van der Waals surface area contributed by atoms with E-state index in [2.05, 4.69) is 69.5 Å². The number of anilines is 3. The van der Waals surface area contributed by atoms with E-state index < -0.39 is 0 Å². The number of hydrogen-bond acceptors (Lipinski definition) is 5. The molecular weight excluding hydrogens is 300 g/mol. The lowest BCUT2D eigenvalue weighted by Gasteiger charge is -2.12. The number of nitrogens with zero attached hydrogens (tertiary/aromatic N) is 3. The molecule has 0 amide bonds. The van der Waals surface area contributed by atoms with Gasteiger partial charge in [-0.05, 0) is 37.6 Å². The standard InChI is InChI=1S/C18H24N6/c1-3-13(19)12-21-18-20-10-8-17(23-18)22-15-6-5-7-16-14(15)9-11-24(16)4-2/h5-11,13H,3-4,12,19H2,1-2H3,(H2,20,21,22,23)/t13-/m0/s1. The summed E-state index contributed by atoms with van der Waals surface area (Å²) in [5.74, 6) is 1.34. The van der Waals surface area contributed by atoms with Gasteiger partial charge in [0.1, 0.15) is 5.82 Å². The third kappa shape index (κ3) is 3.49. The van der Waals surface area contributed by atoms with E-state index >= 15 is 0 Å². The SMILES string of the molecule is CC[C@H](N)CNc1nccc(Nc2cccc3c2ccn3CC)n1. The fourth-order valence-electron chi connectivity index (χ4n) is 2.63. The van der Waals surface area contributed by atoms with Crippen molar-refractivity contribution >= 4 is 28.4 Å². The monoisotopic (exact) mass is 324 g/mol. The summed E-state index contributed by atoms with van der Waals surface area (Å²) in [6.45, 7) is 5.82. The molecule has 4 N–H and O–H groups in total.